The lowest BCUT2D eigenvalue weighted by atomic mass is 10.2. The van der Waals surface area contributed by atoms with Gasteiger partial charge in [-0.15, -0.1) is 0 Å². The Hall–Kier alpha value is -1.62. The number of pyridine rings is 1. The van der Waals surface area contributed by atoms with E-state index in [0.717, 1.165) is 6.42 Å². The number of carbonyl (C=O) groups is 1. The summed E-state index contributed by atoms with van der Waals surface area (Å²) in [6, 6.07) is 3.34. The predicted octanol–water partition coefficient (Wildman–Crippen LogP) is 0.557. The van der Waals surface area contributed by atoms with Crippen LogP contribution < -0.4 is 15.8 Å². The maximum atomic E-state index is 11.8. The summed E-state index contributed by atoms with van der Waals surface area (Å²) in [6.07, 6.45) is 2.40. The Balaban J connectivity index is 2.65. The van der Waals surface area contributed by atoms with E-state index >= 15 is 0 Å². The van der Waals surface area contributed by atoms with Crippen molar-refractivity contribution < 1.29 is 9.53 Å². The van der Waals surface area contributed by atoms with Crippen LogP contribution in [0.5, 0.6) is 5.88 Å². The highest BCUT2D eigenvalue weighted by Crippen LogP contribution is 2.12. The topological polar surface area (TPSA) is 77.2 Å². The minimum Gasteiger partial charge on any atom is -0.480 e. The number of nitrogens with zero attached hydrogens (tertiary/aromatic N) is 1. The molecule has 3 N–H and O–H groups in total. The molecule has 0 radical (unpaired) electrons. The molecular formula is C11H17N3O2. The summed E-state index contributed by atoms with van der Waals surface area (Å²) in [5.74, 6) is 0.110. The largest absolute Gasteiger partial charge is 0.480 e. The van der Waals surface area contributed by atoms with Gasteiger partial charge in [-0.05, 0) is 18.6 Å². The first-order valence-electron chi connectivity index (χ1n) is 5.21. The van der Waals surface area contributed by atoms with Crippen molar-refractivity contribution in [2.45, 2.75) is 19.4 Å². The van der Waals surface area contributed by atoms with Crippen LogP contribution in [0.1, 0.15) is 23.7 Å². The molecule has 0 saturated carbocycles. The molecule has 0 aromatic carbocycles. The SMILES string of the molecule is CCC(N)CNC(=O)c1cccnc1OC. The van der Waals surface area contributed by atoms with Crippen molar-refractivity contribution in [3.05, 3.63) is 23.9 Å². The first-order valence-corrected chi connectivity index (χ1v) is 5.21. The van der Waals surface area contributed by atoms with E-state index in [-0.39, 0.29) is 11.9 Å². The van der Waals surface area contributed by atoms with E-state index < -0.39 is 0 Å². The second kappa shape index (κ2) is 6.07. The van der Waals surface area contributed by atoms with E-state index in [1.54, 1.807) is 18.3 Å². The molecule has 1 unspecified atom stereocenters. The molecule has 0 aliphatic heterocycles. The van der Waals surface area contributed by atoms with Crippen molar-refractivity contribution in [3.63, 3.8) is 0 Å². The molecule has 0 aliphatic rings. The first kappa shape index (κ1) is 12.4. The number of hydrogen-bond acceptors (Lipinski definition) is 4. The van der Waals surface area contributed by atoms with Crippen molar-refractivity contribution in [1.29, 1.82) is 0 Å². The number of methoxy groups -OCH3 is 1. The van der Waals surface area contributed by atoms with Crippen molar-refractivity contribution in [2.24, 2.45) is 5.73 Å². The third-order valence-corrected chi connectivity index (χ3v) is 2.26. The monoisotopic (exact) mass is 223 g/mol. The van der Waals surface area contributed by atoms with E-state index in [9.17, 15) is 4.79 Å². The summed E-state index contributed by atoms with van der Waals surface area (Å²) in [5.41, 5.74) is 6.13. The Morgan fingerprint density at radius 3 is 3.06 bits per heavy atom. The van der Waals surface area contributed by atoms with E-state index in [0.29, 0.717) is 18.0 Å². The van der Waals surface area contributed by atoms with E-state index in [2.05, 4.69) is 10.3 Å². The number of ether oxygens (including phenoxy) is 1. The lowest BCUT2D eigenvalue weighted by Gasteiger charge is -2.11. The van der Waals surface area contributed by atoms with Crippen molar-refractivity contribution >= 4 is 5.91 Å². The number of nitrogens with one attached hydrogen (secondary N) is 1. The minimum atomic E-state index is -0.214. The second-order valence-corrected chi connectivity index (χ2v) is 3.44. The Morgan fingerprint density at radius 2 is 2.44 bits per heavy atom. The van der Waals surface area contributed by atoms with Crippen molar-refractivity contribution in [3.8, 4) is 5.88 Å². The Kier molecular flexibility index (Phi) is 4.72. The van der Waals surface area contributed by atoms with Crippen molar-refractivity contribution in [1.82, 2.24) is 10.3 Å². The molecule has 1 rings (SSSR count). The third-order valence-electron chi connectivity index (χ3n) is 2.26. The number of nitrogens with two attached hydrogens (primary N) is 1. The normalized spacial score (nSPS) is 11.9. The van der Waals surface area contributed by atoms with Crippen molar-refractivity contribution in [2.75, 3.05) is 13.7 Å². The fraction of sp³-hybridized carbons (Fsp3) is 0.455. The van der Waals surface area contributed by atoms with Gasteiger partial charge in [-0.3, -0.25) is 4.79 Å². The minimum absolute atomic E-state index is 0.0217. The molecular weight excluding hydrogens is 206 g/mol. The van der Waals surface area contributed by atoms with Crippen LogP contribution in [0, 0.1) is 0 Å². The molecule has 0 saturated heterocycles. The Bertz CT molecular complexity index is 355. The standard InChI is InChI=1S/C11H17N3O2/c1-3-8(12)7-14-10(15)9-5-4-6-13-11(9)16-2/h4-6,8H,3,7,12H2,1-2H3,(H,14,15). The molecule has 5 heteroatoms. The Morgan fingerprint density at radius 1 is 1.69 bits per heavy atom. The highest BCUT2D eigenvalue weighted by Gasteiger charge is 2.12. The lowest BCUT2D eigenvalue weighted by Crippen LogP contribution is -2.36. The molecule has 1 aromatic heterocycles. The summed E-state index contributed by atoms with van der Waals surface area (Å²) >= 11 is 0. The third kappa shape index (κ3) is 3.20. The lowest BCUT2D eigenvalue weighted by molar-refractivity contribution is 0.0947. The van der Waals surface area contributed by atoms with Crippen LogP contribution in [-0.2, 0) is 0 Å². The van der Waals surface area contributed by atoms with Crippen LogP contribution in [0.2, 0.25) is 0 Å². The van der Waals surface area contributed by atoms with Crippen LogP contribution in [0.4, 0.5) is 0 Å². The summed E-state index contributed by atoms with van der Waals surface area (Å²) in [4.78, 5) is 15.7. The Labute approximate surface area is 95.0 Å². The number of aromatic nitrogens is 1. The first-order chi connectivity index (χ1) is 7.69. The van der Waals surface area contributed by atoms with Crippen LogP contribution >= 0.6 is 0 Å². The van der Waals surface area contributed by atoms with Gasteiger partial charge in [0.1, 0.15) is 5.56 Å². The molecule has 1 atom stereocenters. The van der Waals surface area contributed by atoms with Gasteiger partial charge in [0.2, 0.25) is 5.88 Å². The smallest absolute Gasteiger partial charge is 0.256 e. The summed E-state index contributed by atoms with van der Waals surface area (Å²) in [5, 5.41) is 2.74. The number of hydrogen-bond donors (Lipinski definition) is 2. The molecule has 0 aliphatic carbocycles. The number of rotatable bonds is 5. The van der Waals surface area contributed by atoms with Gasteiger partial charge in [-0.25, -0.2) is 4.98 Å². The molecule has 16 heavy (non-hydrogen) atoms. The van der Waals surface area contributed by atoms with Crippen LogP contribution in [0.25, 0.3) is 0 Å². The quantitative estimate of drug-likeness (QED) is 0.764. The highest BCUT2D eigenvalue weighted by atomic mass is 16.5. The zero-order valence-electron chi connectivity index (χ0n) is 9.56. The summed E-state index contributed by atoms with van der Waals surface area (Å²) in [6.45, 7) is 2.43. The fourth-order valence-corrected chi connectivity index (χ4v) is 1.19. The molecule has 88 valence electrons. The predicted molar refractivity (Wildman–Crippen MR) is 61.4 cm³/mol. The fourth-order valence-electron chi connectivity index (χ4n) is 1.19. The second-order valence-electron chi connectivity index (χ2n) is 3.44. The summed E-state index contributed by atoms with van der Waals surface area (Å²) < 4.78 is 5.00. The van der Waals surface area contributed by atoms with Crippen LogP contribution in [0.15, 0.2) is 18.3 Å². The van der Waals surface area contributed by atoms with Gasteiger partial charge in [0.05, 0.1) is 7.11 Å². The molecule has 0 fully saturated rings. The van der Waals surface area contributed by atoms with Gasteiger partial charge in [0, 0.05) is 18.8 Å². The molecule has 1 amide bonds. The van der Waals surface area contributed by atoms with Gasteiger partial charge >= 0.3 is 0 Å². The van der Waals surface area contributed by atoms with E-state index in [1.807, 2.05) is 6.92 Å². The zero-order valence-corrected chi connectivity index (χ0v) is 9.56. The van der Waals surface area contributed by atoms with Gasteiger partial charge in [0.25, 0.3) is 5.91 Å². The van der Waals surface area contributed by atoms with Crippen LogP contribution in [0.3, 0.4) is 0 Å². The molecule has 0 spiro atoms. The van der Waals surface area contributed by atoms with E-state index in [1.165, 1.54) is 7.11 Å². The number of carbonyl (C=O) groups excluding carboxylic acids is 1. The summed E-state index contributed by atoms with van der Waals surface area (Å²) in [7, 11) is 1.48. The van der Waals surface area contributed by atoms with Gasteiger partial charge < -0.3 is 15.8 Å². The molecule has 1 heterocycles. The molecule has 0 bridgehead atoms. The van der Waals surface area contributed by atoms with E-state index in [4.69, 9.17) is 10.5 Å². The van der Waals surface area contributed by atoms with Gasteiger partial charge in [0.15, 0.2) is 0 Å². The highest BCUT2D eigenvalue weighted by molar-refractivity contribution is 5.96. The molecule has 5 nitrogen and oxygen atoms in total. The van der Waals surface area contributed by atoms with Gasteiger partial charge in [-0.1, -0.05) is 6.92 Å². The zero-order chi connectivity index (χ0) is 12.0. The number of amides is 1. The maximum Gasteiger partial charge on any atom is 0.256 e. The van der Waals surface area contributed by atoms with Crippen LogP contribution in [-0.4, -0.2) is 30.6 Å². The molecule has 1 aromatic rings. The average molecular weight is 223 g/mol. The van der Waals surface area contributed by atoms with Gasteiger partial charge in [-0.2, -0.15) is 0 Å². The maximum absolute atomic E-state index is 11.8. The average Bonchev–Trinajstić information content (AvgIpc) is 2.35.